The van der Waals surface area contributed by atoms with Crippen LogP contribution in [0.2, 0.25) is 0 Å². The zero-order valence-electron chi connectivity index (χ0n) is 14.6. The van der Waals surface area contributed by atoms with Gasteiger partial charge in [0.15, 0.2) is 0 Å². The van der Waals surface area contributed by atoms with E-state index in [0.29, 0.717) is 11.8 Å². The number of hydrogen-bond donors (Lipinski definition) is 0. The van der Waals surface area contributed by atoms with Crippen LogP contribution in [0.1, 0.15) is 26.2 Å². The van der Waals surface area contributed by atoms with Crippen LogP contribution in [0.4, 0.5) is 0 Å². The average molecular weight is 385 g/mol. The first-order chi connectivity index (χ1) is 12.7. The lowest BCUT2D eigenvalue weighted by molar-refractivity contribution is -0.131. The van der Waals surface area contributed by atoms with Crippen molar-refractivity contribution in [3.8, 4) is 11.3 Å². The van der Waals surface area contributed by atoms with Gasteiger partial charge < -0.3 is 4.90 Å². The summed E-state index contributed by atoms with van der Waals surface area (Å²) in [7, 11) is 0. The fourth-order valence-electron chi connectivity index (χ4n) is 3.31. The molecule has 0 bridgehead atoms. The van der Waals surface area contributed by atoms with Gasteiger partial charge in [0, 0.05) is 18.2 Å². The Kier molecular flexibility index (Phi) is 5.17. The highest BCUT2D eigenvalue weighted by atomic mass is 32.2. The van der Waals surface area contributed by atoms with Crippen LogP contribution in [-0.4, -0.2) is 43.5 Å². The number of benzene rings is 1. The summed E-state index contributed by atoms with van der Waals surface area (Å²) >= 11 is 2.89. The van der Waals surface area contributed by atoms with Gasteiger partial charge in [0.1, 0.15) is 27.3 Å². The van der Waals surface area contributed by atoms with Gasteiger partial charge in [-0.3, -0.25) is 4.79 Å². The number of amides is 1. The third-order valence-corrected chi connectivity index (χ3v) is 6.67. The van der Waals surface area contributed by atoms with Gasteiger partial charge in [-0.15, -0.1) is 0 Å². The molecule has 1 saturated heterocycles. The maximum Gasteiger partial charge on any atom is 0.233 e. The predicted octanol–water partition coefficient (Wildman–Crippen LogP) is 4.25. The maximum absolute atomic E-state index is 12.6. The Morgan fingerprint density at radius 2 is 2.12 bits per heavy atom. The lowest BCUT2D eigenvalue weighted by Crippen LogP contribution is -2.42. The molecule has 3 heterocycles. The van der Waals surface area contributed by atoms with Gasteiger partial charge in [0.25, 0.3) is 0 Å². The number of fused-ring (bicyclic) bond motifs is 1. The number of carbonyl (C=O) groups is 1. The Morgan fingerprint density at radius 1 is 1.27 bits per heavy atom. The number of hydrogen-bond acceptors (Lipinski definition) is 6. The molecule has 0 spiro atoms. The second-order valence-electron chi connectivity index (χ2n) is 6.47. The van der Waals surface area contributed by atoms with Gasteiger partial charge in [0.05, 0.1) is 5.75 Å². The molecule has 26 heavy (non-hydrogen) atoms. The minimum absolute atomic E-state index is 0.196. The highest BCUT2D eigenvalue weighted by Gasteiger charge is 2.23. The van der Waals surface area contributed by atoms with E-state index in [9.17, 15) is 4.79 Å². The summed E-state index contributed by atoms with van der Waals surface area (Å²) < 4.78 is 5.54. The van der Waals surface area contributed by atoms with Crippen LogP contribution in [0.5, 0.6) is 0 Å². The van der Waals surface area contributed by atoms with Crippen molar-refractivity contribution in [2.24, 2.45) is 0 Å². The highest BCUT2D eigenvalue weighted by molar-refractivity contribution is 8.00. The molecule has 1 aliphatic heterocycles. The van der Waals surface area contributed by atoms with Gasteiger partial charge in [-0.1, -0.05) is 42.1 Å². The Morgan fingerprint density at radius 3 is 2.92 bits per heavy atom. The molecule has 7 heteroatoms. The normalized spacial score (nSPS) is 17.6. The first-order valence-corrected chi connectivity index (χ1v) is 10.6. The molecule has 0 unspecified atom stereocenters. The van der Waals surface area contributed by atoms with E-state index in [1.807, 2.05) is 35.2 Å². The van der Waals surface area contributed by atoms with Crippen molar-refractivity contribution >= 4 is 39.4 Å². The summed E-state index contributed by atoms with van der Waals surface area (Å²) in [4.78, 5) is 23.4. The summed E-state index contributed by atoms with van der Waals surface area (Å²) in [6.07, 6.45) is 4.99. The molecule has 2 aromatic heterocycles. The lowest BCUT2D eigenvalue weighted by atomic mass is 10.0. The van der Waals surface area contributed by atoms with Crippen molar-refractivity contribution in [1.29, 1.82) is 0 Å². The van der Waals surface area contributed by atoms with Gasteiger partial charge in [-0.2, -0.15) is 4.37 Å². The van der Waals surface area contributed by atoms with Crippen molar-refractivity contribution in [2.75, 3.05) is 12.3 Å². The lowest BCUT2D eigenvalue weighted by Gasteiger charge is -2.33. The molecular weight excluding hydrogens is 364 g/mol. The van der Waals surface area contributed by atoms with Crippen LogP contribution >= 0.6 is 23.3 Å². The number of likely N-dealkylation sites (tertiary alicyclic amines) is 1. The van der Waals surface area contributed by atoms with Crippen molar-refractivity contribution in [3.63, 3.8) is 0 Å². The van der Waals surface area contributed by atoms with E-state index in [0.717, 1.165) is 45.9 Å². The largest absolute Gasteiger partial charge is 0.339 e. The molecule has 1 amide bonds. The molecular formula is C19H20N4OS2. The number of aromatic nitrogens is 3. The second kappa shape index (κ2) is 7.72. The van der Waals surface area contributed by atoms with Crippen LogP contribution in [-0.2, 0) is 4.79 Å². The van der Waals surface area contributed by atoms with E-state index in [4.69, 9.17) is 0 Å². The Hall–Kier alpha value is -1.99. The molecule has 5 nitrogen and oxygen atoms in total. The summed E-state index contributed by atoms with van der Waals surface area (Å²) in [5.41, 5.74) is 2.79. The number of piperidine rings is 1. The molecule has 1 aliphatic rings. The Balaban J connectivity index is 1.54. The van der Waals surface area contributed by atoms with E-state index < -0.39 is 0 Å². The number of thioether (sulfide) groups is 1. The van der Waals surface area contributed by atoms with Gasteiger partial charge in [-0.05, 0) is 37.7 Å². The fourth-order valence-corrected chi connectivity index (χ4v) is 5.12. The molecule has 4 rings (SSSR count). The SMILES string of the molecule is C[C@@H]1CCCCN1C(=O)CSc1ncnc2c(-c3ccccc3)nsc12. The minimum Gasteiger partial charge on any atom is -0.339 e. The zero-order valence-corrected chi connectivity index (χ0v) is 16.2. The second-order valence-corrected chi connectivity index (χ2v) is 8.21. The zero-order chi connectivity index (χ0) is 17.9. The van der Waals surface area contributed by atoms with Crippen molar-refractivity contribution < 1.29 is 4.79 Å². The number of carbonyl (C=O) groups excluding carboxylic acids is 1. The summed E-state index contributed by atoms with van der Waals surface area (Å²) in [6.45, 7) is 3.01. The highest BCUT2D eigenvalue weighted by Crippen LogP contribution is 2.34. The van der Waals surface area contributed by atoms with Crippen LogP contribution in [0.15, 0.2) is 41.7 Å². The predicted molar refractivity (Wildman–Crippen MR) is 106 cm³/mol. The van der Waals surface area contributed by atoms with Crippen molar-refractivity contribution in [1.82, 2.24) is 19.2 Å². The third kappa shape index (κ3) is 3.46. The summed E-state index contributed by atoms with van der Waals surface area (Å²) in [5.74, 6) is 0.608. The smallest absolute Gasteiger partial charge is 0.233 e. The van der Waals surface area contributed by atoms with E-state index in [1.54, 1.807) is 6.33 Å². The van der Waals surface area contributed by atoms with Crippen LogP contribution < -0.4 is 0 Å². The standard InChI is InChI=1S/C19H20N4OS2/c1-13-7-5-6-10-23(13)15(24)11-25-19-18-17(20-12-21-19)16(22-26-18)14-8-3-2-4-9-14/h2-4,8-9,12-13H,5-7,10-11H2,1H3/t13-/m1/s1. The van der Waals surface area contributed by atoms with Crippen LogP contribution in [0, 0.1) is 0 Å². The number of nitrogens with zero attached hydrogens (tertiary/aromatic N) is 4. The van der Waals surface area contributed by atoms with Crippen molar-refractivity contribution in [2.45, 2.75) is 37.3 Å². The average Bonchev–Trinajstić information content (AvgIpc) is 3.12. The number of rotatable bonds is 4. The van der Waals surface area contributed by atoms with E-state index in [1.165, 1.54) is 29.7 Å². The molecule has 1 aromatic carbocycles. The summed E-state index contributed by atoms with van der Waals surface area (Å²) in [5, 5.41) is 0.840. The minimum atomic E-state index is 0.196. The molecule has 0 radical (unpaired) electrons. The molecule has 0 saturated carbocycles. The molecule has 0 N–H and O–H groups in total. The Labute approximate surface area is 161 Å². The van der Waals surface area contributed by atoms with Crippen LogP contribution in [0.3, 0.4) is 0 Å². The van der Waals surface area contributed by atoms with Gasteiger partial charge in [-0.25, -0.2) is 9.97 Å². The molecule has 0 aliphatic carbocycles. The van der Waals surface area contributed by atoms with E-state index in [2.05, 4.69) is 21.3 Å². The molecule has 1 atom stereocenters. The molecule has 134 valence electrons. The van der Waals surface area contributed by atoms with Gasteiger partial charge in [0.2, 0.25) is 5.91 Å². The maximum atomic E-state index is 12.6. The first kappa shape index (κ1) is 17.4. The first-order valence-electron chi connectivity index (χ1n) is 8.82. The molecule has 1 fully saturated rings. The summed E-state index contributed by atoms with van der Waals surface area (Å²) in [6, 6.07) is 10.4. The monoisotopic (exact) mass is 384 g/mol. The topological polar surface area (TPSA) is 59.0 Å². The van der Waals surface area contributed by atoms with Gasteiger partial charge >= 0.3 is 0 Å². The molecule has 3 aromatic rings. The van der Waals surface area contributed by atoms with E-state index >= 15 is 0 Å². The van der Waals surface area contributed by atoms with Crippen molar-refractivity contribution in [3.05, 3.63) is 36.7 Å². The third-order valence-electron chi connectivity index (χ3n) is 4.73. The Bertz CT molecular complexity index is 912. The quantitative estimate of drug-likeness (QED) is 0.497. The fraction of sp³-hybridized carbons (Fsp3) is 0.368. The van der Waals surface area contributed by atoms with Crippen LogP contribution in [0.25, 0.3) is 21.5 Å². The van der Waals surface area contributed by atoms with E-state index in [-0.39, 0.29) is 5.91 Å².